The number of rotatable bonds is 3. The minimum Gasteiger partial charge on any atom is -0.465 e. The van der Waals surface area contributed by atoms with E-state index in [1.165, 1.54) is 12.0 Å². The van der Waals surface area contributed by atoms with Gasteiger partial charge in [0, 0.05) is 51.6 Å². The molecule has 7 nitrogen and oxygen atoms in total. The number of nitrogens with zero attached hydrogens (tertiary/aromatic N) is 3. The van der Waals surface area contributed by atoms with Gasteiger partial charge in [0.25, 0.3) is 0 Å². The topological polar surface area (TPSA) is 83.0 Å². The summed E-state index contributed by atoms with van der Waals surface area (Å²) in [4.78, 5) is 30.9. The van der Waals surface area contributed by atoms with Crippen molar-refractivity contribution in [2.75, 3.05) is 33.4 Å². The van der Waals surface area contributed by atoms with Gasteiger partial charge in [-0.25, -0.2) is 4.79 Å². The maximum atomic E-state index is 13.2. The van der Waals surface area contributed by atoms with Crippen molar-refractivity contribution in [3.63, 3.8) is 0 Å². The molecule has 0 bridgehead atoms. The zero-order valence-corrected chi connectivity index (χ0v) is 14.8. The SMILES string of the molecule is COCC1(C(=O)N2CCc3ncc(C(F)(F)F)cc3C2)CCN(C(=O)O)C1. The van der Waals surface area contributed by atoms with Crippen LogP contribution in [-0.2, 0) is 28.7 Å². The van der Waals surface area contributed by atoms with Crippen LogP contribution in [0.4, 0.5) is 18.0 Å². The van der Waals surface area contributed by atoms with Gasteiger partial charge < -0.3 is 19.6 Å². The largest absolute Gasteiger partial charge is 0.465 e. The van der Waals surface area contributed by atoms with Crippen molar-refractivity contribution in [1.82, 2.24) is 14.8 Å². The number of ether oxygens (including phenoxy) is 1. The molecule has 10 heteroatoms. The Kier molecular flexibility index (Phi) is 5.02. The molecular formula is C17H20F3N3O4. The lowest BCUT2D eigenvalue weighted by Crippen LogP contribution is -2.50. The van der Waals surface area contributed by atoms with Crippen molar-refractivity contribution in [2.45, 2.75) is 25.6 Å². The molecule has 0 radical (unpaired) electrons. The summed E-state index contributed by atoms with van der Waals surface area (Å²) in [6.45, 7) is 0.625. The van der Waals surface area contributed by atoms with E-state index in [2.05, 4.69) is 4.98 Å². The fraction of sp³-hybridized carbons (Fsp3) is 0.588. The number of carbonyl (C=O) groups is 2. The highest BCUT2D eigenvalue weighted by Crippen LogP contribution is 2.36. The Labute approximate surface area is 153 Å². The van der Waals surface area contributed by atoms with Crippen LogP contribution < -0.4 is 0 Å². The van der Waals surface area contributed by atoms with Crippen LogP contribution in [0.25, 0.3) is 0 Å². The minimum absolute atomic E-state index is 0.0131. The normalized spacial score (nSPS) is 22.7. The van der Waals surface area contributed by atoms with E-state index >= 15 is 0 Å². The van der Waals surface area contributed by atoms with E-state index < -0.39 is 23.2 Å². The first-order valence-corrected chi connectivity index (χ1v) is 8.47. The average Bonchev–Trinajstić information content (AvgIpc) is 3.05. The molecule has 0 aliphatic carbocycles. The van der Waals surface area contributed by atoms with E-state index in [0.29, 0.717) is 30.6 Å². The van der Waals surface area contributed by atoms with Gasteiger partial charge in [-0.15, -0.1) is 0 Å². The molecule has 3 rings (SSSR count). The molecule has 1 N–H and O–H groups in total. The number of amides is 2. The molecule has 1 atom stereocenters. The lowest BCUT2D eigenvalue weighted by Gasteiger charge is -2.36. The van der Waals surface area contributed by atoms with Gasteiger partial charge in [-0.05, 0) is 18.1 Å². The van der Waals surface area contributed by atoms with Crippen molar-refractivity contribution in [1.29, 1.82) is 0 Å². The fourth-order valence-corrected chi connectivity index (χ4v) is 3.76. The highest BCUT2D eigenvalue weighted by molar-refractivity contribution is 5.85. The molecule has 27 heavy (non-hydrogen) atoms. The number of likely N-dealkylation sites (tertiary alicyclic amines) is 1. The summed E-state index contributed by atoms with van der Waals surface area (Å²) >= 11 is 0. The molecule has 2 aliphatic rings. The molecule has 2 aliphatic heterocycles. The lowest BCUT2D eigenvalue weighted by atomic mass is 9.85. The lowest BCUT2D eigenvalue weighted by molar-refractivity contribution is -0.145. The van der Waals surface area contributed by atoms with E-state index in [1.54, 1.807) is 0 Å². The maximum Gasteiger partial charge on any atom is 0.417 e. The van der Waals surface area contributed by atoms with E-state index in [0.717, 1.165) is 17.2 Å². The first-order chi connectivity index (χ1) is 12.7. The Balaban J connectivity index is 1.82. The van der Waals surface area contributed by atoms with Gasteiger partial charge >= 0.3 is 12.3 Å². The maximum absolute atomic E-state index is 13.2. The van der Waals surface area contributed by atoms with Crippen LogP contribution in [-0.4, -0.2) is 65.2 Å². The number of hydrogen-bond acceptors (Lipinski definition) is 4. The third-order valence-electron chi connectivity index (χ3n) is 5.15. The predicted octanol–water partition coefficient (Wildman–Crippen LogP) is 2.00. The molecule has 1 saturated heterocycles. The molecule has 1 unspecified atom stereocenters. The smallest absolute Gasteiger partial charge is 0.417 e. The number of carbonyl (C=O) groups excluding carboxylic acids is 1. The van der Waals surface area contributed by atoms with Crippen molar-refractivity contribution in [3.05, 3.63) is 29.1 Å². The Morgan fingerprint density at radius 1 is 1.33 bits per heavy atom. The van der Waals surface area contributed by atoms with Gasteiger partial charge in [0.15, 0.2) is 0 Å². The number of pyridine rings is 1. The zero-order chi connectivity index (χ0) is 19.8. The molecule has 1 fully saturated rings. The minimum atomic E-state index is -4.50. The van der Waals surface area contributed by atoms with Crippen LogP contribution in [0.2, 0.25) is 0 Å². The fourth-order valence-electron chi connectivity index (χ4n) is 3.76. The summed E-state index contributed by atoms with van der Waals surface area (Å²) in [6, 6.07) is 1.03. The quantitative estimate of drug-likeness (QED) is 0.858. The monoisotopic (exact) mass is 387 g/mol. The van der Waals surface area contributed by atoms with Crippen molar-refractivity contribution in [2.24, 2.45) is 5.41 Å². The Morgan fingerprint density at radius 2 is 2.07 bits per heavy atom. The molecule has 0 aromatic carbocycles. The number of halogens is 3. The van der Waals surface area contributed by atoms with E-state index in [9.17, 15) is 27.9 Å². The summed E-state index contributed by atoms with van der Waals surface area (Å²) in [7, 11) is 1.43. The molecule has 1 aromatic rings. The van der Waals surface area contributed by atoms with Gasteiger partial charge in [-0.3, -0.25) is 9.78 Å². The standard InChI is InChI=1S/C17H20F3N3O4/c1-27-10-16(3-5-23(9-16)15(25)26)14(24)22-4-2-13-11(8-22)6-12(7-21-13)17(18,19)20/h6-7H,2-5,8-10H2,1H3,(H,25,26). The number of aromatic nitrogens is 1. The van der Waals surface area contributed by atoms with Crippen LogP contribution in [0.5, 0.6) is 0 Å². The second-order valence-corrected chi connectivity index (χ2v) is 6.97. The number of alkyl halides is 3. The number of carboxylic acid groups (broad SMARTS) is 1. The predicted molar refractivity (Wildman–Crippen MR) is 86.9 cm³/mol. The van der Waals surface area contributed by atoms with Gasteiger partial charge in [0.05, 0.1) is 17.6 Å². The molecule has 148 valence electrons. The molecule has 1 aromatic heterocycles. The van der Waals surface area contributed by atoms with Gasteiger partial charge in [-0.1, -0.05) is 0 Å². The summed E-state index contributed by atoms with van der Waals surface area (Å²) in [6.07, 6.45) is -4.13. The zero-order valence-electron chi connectivity index (χ0n) is 14.8. The second kappa shape index (κ2) is 6.99. The third-order valence-corrected chi connectivity index (χ3v) is 5.15. The van der Waals surface area contributed by atoms with E-state index in [-0.39, 0.29) is 32.1 Å². The van der Waals surface area contributed by atoms with Crippen molar-refractivity contribution >= 4 is 12.0 Å². The van der Waals surface area contributed by atoms with Gasteiger partial charge in [0.2, 0.25) is 5.91 Å². The summed E-state index contributed by atoms with van der Waals surface area (Å²) in [5, 5.41) is 9.19. The van der Waals surface area contributed by atoms with Crippen LogP contribution in [0.1, 0.15) is 23.2 Å². The number of methoxy groups -OCH3 is 1. The molecule has 0 spiro atoms. The third kappa shape index (κ3) is 3.71. The molecular weight excluding hydrogens is 367 g/mol. The Hall–Kier alpha value is -2.36. The first-order valence-electron chi connectivity index (χ1n) is 8.47. The van der Waals surface area contributed by atoms with Crippen LogP contribution in [0, 0.1) is 5.41 Å². The van der Waals surface area contributed by atoms with Crippen molar-refractivity contribution < 1.29 is 32.6 Å². The number of fused-ring (bicyclic) bond motifs is 1. The van der Waals surface area contributed by atoms with Gasteiger partial charge in [0.1, 0.15) is 0 Å². The summed E-state index contributed by atoms with van der Waals surface area (Å²) in [5.74, 6) is -0.295. The molecule has 0 saturated carbocycles. The highest BCUT2D eigenvalue weighted by Gasteiger charge is 2.48. The van der Waals surface area contributed by atoms with E-state index in [4.69, 9.17) is 4.74 Å². The Morgan fingerprint density at radius 3 is 2.67 bits per heavy atom. The van der Waals surface area contributed by atoms with Crippen LogP contribution in [0.15, 0.2) is 12.3 Å². The molecule has 3 heterocycles. The van der Waals surface area contributed by atoms with Crippen LogP contribution >= 0.6 is 0 Å². The average molecular weight is 387 g/mol. The highest BCUT2D eigenvalue weighted by atomic mass is 19.4. The van der Waals surface area contributed by atoms with E-state index in [1.807, 2.05) is 0 Å². The Bertz CT molecular complexity index is 755. The number of hydrogen-bond donors (Lipinski definition) is 1. The molecule has 2 amide bonds. The summed E-state index contributed by atoms with van der Waals surface area (Å²) in [5.41, 5.74) is -0.948. The summed E-state index contributed by atoms with van der Waals surface area (Å²) < 4.78 is 44.0. The van der Waals surface area contributed by atoms with Crippen LogP contribution in [0.3, 0.4) is 0 Å². The van der Waals surface area contributed by atoms with Crippen molar-refractivity contribution in [3.8, 4) is 0 Å². The van der Waals surface area contributed by atoms with Gasteiger partial charge in [-0.2, -0.15) is 13.2 Å². The second-order valence-electron chi connectivity index (χ2n) is 6.97. The first kappa shape index (κ1) is 19.4.